The number of nitrogens with zero attached hydrogens (tertiary/aromatic N) is 1. The van der Waals surface area contributed by atoms with Crippen LogP contribution in [0.3, 0.4) is 0 Å². The summed E-state index contributed by atoms with van der Waals surface area (Å²) in [6.07, 6.45) is 2.74. The Kier molecular flexibility index (Phi) is 5.24. The van der Waals surface area contributed by atoms with Crippen LogP contribution in [-0.4, -0.2) is 29.9 Å². The summed E-state index contributed by atoms with van der Waals surface area (Å²) >= 11 is 0. The molecule has 0 radical (unpaired) electrons. The van der Waals surface area contributed by atoms with Gasteiger partial charge in [0.15, 0.2) is 0 Å². The Balaban J connectivity index is 1.87. The molecule has 1 amide bonds. The normalized spacial score (nSPS) is 23.1. The fourth-order valence-electron chi connectivity index (χ4n) is 2.98. The first-order valence-corrected chi connectivity index (χ1v) is 7.70. The number of nitrogens with one attached hydrogen (secondary N) is 1. The highest BCUT2D eigenvalue weighted by atomic mass is 16.3. The van der Waals surface area contributed by atoms with Crippen molar-refractivity contribution >= 4 is 5.91 Å². The van der Waals surface area contributed by atoms with Crippen LogP contribution in [0.1, 0.15) is 44.6 Å². The first-order valence-electron chi connectivity index (χ1n) is 7.70. The smallest absolute Gasteiger partial charge is 0.222 e. The number of hydrogen-bond donors (Lipinski definition) is 1. The summed E-state index contributed by atoms with van der Waals surface area (Å²) in [5.74, 6) is 2.76. The van der Waals surface area contributed by atoms with Gasteiger partial charge in [-0.3, -0.25) is 4.79 Å². The summed E-state index contributed by atoms with van der Waals surface area (Å²) in [4.78, 5) is 13.8. The van der Waals surface area contributed by atoms with E-state index in [9.17, 15) is 4.79 Å². The highest BCUT2D eigenvalue weighted by molar-refractivity contribution is 5.75. The van der Waals surface area contributed by atoms with E-state index in [-0.39, 0.29) is 5.91 Å². The standard InChI is InChI=1S/C16H26N2O2/c1-4-13-11-18(16(19)5-2)9-8-15(13)17-10-14-7-6-12(3)20-14/h6-7,13,15,17H,4-5,8-11H2,1-3H3/t13-,15+/m0/s1. The van der Waals surface area contributed by atoms with Gasteiger partial charge in [-0.2, -0.15) is 0 Å². The first-order chi connectivity index (χ1) is 9.63. The van der Waals surface area contributed by atoms with E-state index in [0.717, 1.165) is 44.0 Å². The SMILES string of the molecule is CCC(=O)N1CC[C@@H](NCc2ccc(C)o2)[C@@H](CC)C1. The monoisotopic (exact) mass is 278 g/mol. The molecule has 2 atom stereocenters. The minimum absolute atomic E-state index is 0.281. The maximum atomic E-state index is 11.8. The summed E-state index contributed by atoms with van der Waals surface area (Å²) in [5.41, 5.74) is 0. The Morgan fingerprint density at radius 1 is 1.45 bits per heavy atom. The third kappa shape index (κ3) is 3.63. The summed E-state index contributed by atoms with van der Waals surface area (Å²) in [6.45, 7) is 8.64. The topological polar surface area (TPSA) is 45.5 Å². The second-order valence-electron chi connectivity index (χ2n) is 5.65. The highest BCUT2D eigenvalue weighted by Gasteiger charge is 2.29. The Morgan fingerprint density at radius 3 is 2.85 bits per heavy atom. The van der Waals surface area contributed by atoms with Gasteiger partial charge >= 0.3 is 0 Å². The Labute approximate surface area is 121 Å². The maximum Gasteiger partial charge on any atom is 0.222 e. The van der Waals surface area contributed by atoms with E-state index >= 15 is 0 Å². The minimum Gasteiger partial charge on any atom is -0.465 e. The second kappa shape index (κ2) is 6.93. The third-order valence-electron chi connectivity index (χ3n) is 4.25. The molecule has 2 heterocycles. The Morgan fingerprint density at radius 2 is 2.25 bits per heavy atom. The fourth-order valence-corrected chi connectivity index (χ4v) is 2.98. The van der Waals surface area contributed by atoms with Gasteiger partial charge in [0.2, 0.25) is 5.91 Å². The lowest BCUT2D eigenvalue weighted by Crippen LogP contribution is -2.50. The molecule has 0 bridgehead atoms. The maximum absolute atomic E-state index is 11.8. The van der Waals surface area contributed by atoms with Crippen molar-refractivity contribution in [3.8, 4) is 0 Å². The molecule has 4 heteroatoms. The molecule has 1 aromatic rings. The lowest BCUT2D eigenvalue weighted by atomic mass is 9.89. The van der Waals surface area contributed by atoms with Crippen LogP contribution in [0.5, 0.6) is 0 Å². The zero-order valence-corrected chi connectivity index (χ0v) is 12.8. The van der Waals surface area contributed by atoms with Gasteiger partial charge in [0.25, 0.3) is 0 Å². The van der Waals surface area contributed by atoms with Crippen molar-refractivity contribution in [2.75, 3.05) is 13.1 Å². The number of hydrogen-bond acceptors (Lipinski definition) is 3. The largest absolute Gasteiger partial charge is 0.465 e. The molecule has 112 valence electrons. The van der Waals surface area contributed by atoms with Crippen molar-refractivity contribution in [1.82, 2.24) is 10.2 Å². The van der Waals surface area contributed by atoms with Crippen molar-refractivity contribution in [2.45, 2.75) is 52.6 Å². The van der Waals surface area contributed by atoms with Crippen LogP contribution >= 0.6 is 0 Å². The van der Waals surface area contributed by atoms with E-state index in [4.69, 9.17) is 4.42 Å². The van der Waals surface area contributed by atoms with Crippen molar-refractivity contribution < 1.29 is 9.21 Å². The van der Waals surface area contributed by atoms with E-state index in [1.807, 2.05) is 30.9 Å². The van der Waals surface area contributed by atoms with E-state index in [1.165, 1.54) is 0 Å². The van der Waals surface area contributed by atoms with Crippen LogP contribution < -0.4 is 5.32 Å². The van der Waals surface area contributed by atoms with Gasteiger partial charge in [0, 0.05) is 25.6 Å². The first kappa shape index (κ1) is 15.1. The van der Waals surface area contributed by atoms with Crippen molar-refractivity contribution in [2.24, 2.45) is 5.92 Å². The minimum atomic E-state index is 0.281. The van der Waals surface area contributed by atoms with E-state index < -0.39 is 0 Å². The second-order valence-corrected chi connectivity index (χ2v) is 5.65. The van der Waals surface area contributed by atoms with E-state index in [0.29, 0.717) is 18.4 Å². The van der Waals surface area contributed by atoms with Crippen LogP contribution in [0.2, 0.25) is 0 Å². The molecule has 0 aliphatic carbocycles. The molecule has 20 heavy (non-hydrogen) atoms. The number of piperidine rings is 1. The molecule has 1 saturated heterocycles. The van der Waals surface area contributed by atoms with E-state index in [2.05, 4.69) is 12.2 Å². The molecule has 4 nitrogen and oxygen atoms in total. The number of likely N-dealkylation sites (tertiary alicyclic amines) is 1. The molecule has 1 aliphatic heterocycles. The molecular formula is C16H26N2O2. The fraction of sp³-hybridized carbons (Fsp3) is 0.688. The molecular weight excluding hydrogens is 252 g/mol. The predicted octanol–water partition coefficient (Wildman–Crippen LogP) is 2.71. The molecule has 0 spiro atoms. The number of rotatable bonds is 5. The van der Waals surface area contributed by atoms with Gasteiger partial charge < -0.3 is 14.6 Å². The molecule has 0 saturated carbocycles. The van der Waals surface area contributed by atoms with Crippen LogP contribution in [0.15, 0.2) is 16.5 Å². The lowest BCUT2D eigenvalue weighted by Gasteiger charge is -2.38. The molecule has 0 aromatic carbocycles. The average molecular weight is 278 g/mol. The van der Waals surface area contributed by atoms with Gasteiger partial charge in [-0.05, 0) is 31.4 Å². The molecule has 0 unspecified atom stereocenters. The van der Waals surface area contributed by atoms with Crippen LogP contribution in [0.25, 0.3) is 0 Å². The van der Waals surface area contributed by atoms with Gasteiger partial charge in [0.05, 0.1) is 6.54 Å². The third-order valence-corrected chi connectivity index (χ3v) is 4.25. The van der Waals surface area contributed by atoms with Crippen LogP contribution in [0, 0.1) is 12.8 Å². The van der Waals surface area contributed by atoms with Crippen LogP contribution in [0.4, 0.5) is 0 Å². The summed E-state index contributed by atoms with van der Waals surface area (Å²) in [7, 11) is 0. The number of amides is 1. The number of carbonyl (C=O) groups excluding carboxylic acids is 1. The Hall–Kier alpha value is -1.29. The van der Waals surface area contributed by atoms with Crippen molar-refractivity contribution in [3.63, 3.8) is 0 Å². The average Bonchev–Trinajstić information content (AvgIpc) is 2.89. The quantitative estimate of drug-likeness (QED) is 0.900. The van der Waals surface area contributed by atoms with Crippen LogP contribution in [-0.2, 0) is 11.3 Å². The zero-order valence-electron chi connectivity index (χ0n) is 12.8. The highest BCUT2D eigenvalue weighted by Crippen LogP contribution is 2.21. The predicted molar refractivity (Wildman–Crippen MR) is 79.3 cm³/mol. The number of aryl methyl sites for hydroxylation is 1. The number of furan rings is 1. The van der Waals surface area contributed by atoms with Gasteiger partial charge in [-0.1, -0.05) is 20.3 Å². The molecule has 1 fully saturated rings. The van der Waals surface area contributed by atoms with Gasteiger partial charge in [-0.25, -0.2) is 0 Å². The summed E-state index contributed by atoms with van der Waals surface area (Å²) < 4.78 is 5.59. The lowest BCUT2D eigenvalue weighted by molar-refractivity contribution is -0.133. The molecule has 1 aliphatic rings. The van der Waals surface area contributed by atoms with E-state index in [1.54, 1.807) is 0 Å². The van der Waals surface area contributed by atoms with Crippen molar-refractivity contribution in [1.29, 1.82) is 0 Å². The Bertz CT molecular complexity index is 441. The number of carbonyl (C=O) groups is 1. The molecule has 2 rings (SSSR count). The summed E-state index contributed by atoms with van der Waals surface area (Å²) in [6, 6.07) is 4.50. The summed E-state index contributed by atoms with van der Waals surface area (Å²) in [5, 5.41) is 3.60. The zero-order chi connectivity index (χ0) is 14.5. The van der Waals surface area contributed by atoms with Gasteiger partial charge in [0.1, 0.15) is 11.5 Å². The molecule has 1 N–H and O–H groups in total. The molecule has 1 aromatic heterocycles. The van der Waals surface area contributed by atoms with Gasteiger partial charge in [-0.15, -0.1) is 0 Å². The van der Waals surface area contributed by atoms with Crippen molar-refractivity contribution in [3.05, 3.63) is 23.7 Å².